The Morgan fingerprint density at radius 1 is 1.29 bits per heavy atom. The molecule has 1 aromatic rings. The average Bonchev–Trinajstić information content (AvgIpc) is 2.18. The van der Waals surface area contributed by atoms with Gasteiger partial charge in [-0.1, -0.05) is 26.0 Å². The summed E-state index contributed by atoms with van der Waals surface area (Å²) >= 11 is 0. The summed E-state index contributed by atoms with van der Waals surface area (Å²) < 4.78 is 0. The smallest absolute Gasteiger partial charge is 0.0340 e. The highest BCUT2D eigenvalue weighted by Gasteiger charge is 1.95. The van der Waals surface area contributed by atoms with Crippen LogP contribution in [0.1, 0.15) is 19.4 Å². The maximum absolute atomic E-state index is 3.42. The summed E-state index contributed by atoms with van der Waals surface area (Å²) in [5.74, 6) is 0.711. The van der Waals surface area contributed by atoms with Gasteiger partial charge in [0.2, 0.25) is 0 Å². The molecular weight excluding hydrogens is 172 g/mol. The van der Waals surface area contributed by atoms with Gasteiger partial charge in [-0.2, -0.15) is 0 Å². The second-order valence-corrected chi connectivity index (χ2v) is 3.98. The van der Waals surface area contributed by atoms with Gasteiger partial charge in [-0.05, 0) is 30.2 Å². The molecule has 0 bridgehead atoms. The summed E-state index contributed by atoms with van der Waals surface area (Å²) in [6.45, 7) is 6.46. The van der Waals surface area contributed by atoms with Gasteiger partial charge in [-0.25, -0.2) is 0 Å². The number of anilines is 1. The second kappa shape index (κ2) is 5.66. The number of rotatable bonds is 5. The molecule has 78 valence electrons. The van der Waals surface area contributed by atoms with Crippen LogP contribution in [0.4, 0.5) is 5.69 Å². The first kappa shape index (κ1) is 11.1. The summed E-state index contributed by atoms with van der Waals surface area (Å²) in [5, 5.41) is 6.56. The van der Waals surface area contributed by atoms with Crippen LogP contribution in [-0.4, -0.2) is 13.6 Å². The Bertz CT molecular complexity index is 269. The van der Waals surface area contributed by atoms with E-state index in [-0.39, 0.29) is 0 Å². The molecule has 2 N–H and O–H groups in total. The number of hydrogen-bond acceptors (Lipinski definition) is 2. The molecule has 0 radical (unpaired) electrons. The normalized spacial score (nSPS) is 10.6. The Balaban J connectivity index is 2.42. The fourth-order valence-corrected chi connectivity index (χ4v) is 1.34. The van der Waals surface area contributed by atoms with Gasteiger partial charge in [0.25, 0.3) is 0 Å². The molecule has 2 heteroatoms. The summed E-state index contributed by atoms with van der Waals surface area (Å²) in [4.78, 5) is 0. The third-order valence-corrected chi connectivity index (χ3v) is 2.10. The van der Waals surface area contributed by atoms with Crippen LogP contribution in [0.25, 0.3) is 0 Å². The first-order chi connectivity index (χ1) is 6.72. The van der Waals surface area contributed by atoms with Gasteiger partial charge in [0.15, 0.2) is 0 Å². The van der Waals surface area contributed by atoms with Crippen molar-refractivity contribution in [2.75, 3.05) is 18.9 Å². The van der Waals surface area contributed by atoms with Gasteiger partial charge in [-0.3, -0.25) is 0 Å². The van der Waals surface area contributed by atoms with E-state index in [4.69, 9.17) is 0 Å². The molecule has 14 heavy (non-hydrogen) atoms. The monoisotopic (exact) mass is 192 g/mol. The molecule has 0 atom stereocenters. The van der Waals surface area contributed by atoms with Gasteiger partial charge < -0.3 is 10.6 Å². The molecule has 0 aromatic heterocycles. The standard InChI is InChI=1S/C12H20N2/c1-10(2)8-14-9-11-5-4-6-12(7-11)13-3/h4-7,10,13-14H,8-9H2,1-3H3. The Hall–Kier alpha value is -1.02. The lowest BCUT2D eigenvalue weighted by atomic mass is 10.2. The highest BCUT2D eigenvalue weighted by Crippen LogP contribution is 2.09. The van der Waals surface area contributed by atoms with Crippen molar-refractivity contribution in [2.45, 2.75) is 20.4 Å². The lowest BCUT2D eigenvalue weighted by molar-refractivity contribution is 0.552. The van der Waals surface area contributed by atoms with E-state index in [0.717, 1.165) is 13.1 Å². The molecule has 2 nitrogen and oxygen atoms in total. The molecule has 0 heterocycles. The van der Waals surface area contributed by atoms with Crippen molar-refractivity contribution in [3.05, 3.63) is 29.8 Å². The molecular formula is C12H20N2. The van der Waals surface area contributed by atoms with E-state index in [9.17, 15) is 0 Å². The summed E-state index contributed by atoms with van der Waals surface area (Å²) in [5.41, 5.74) is 2.51. The highest BCUT2D eigenvalue weighted by molar-refractivity contribution is 5.44. The predicted molar refractivity (Wildman–Crippen MR) is 62.5 cm³/mol. The van der Waals surface area contributed by atoms with Crippen LogP contribution in [0.3, 0.4) is 0 Å². The van der Waals surface area contributed by atoms with E-state index < -0.39 is 0 Å². The van der Waals surface area contributed by atoms with Gasteiger partial charge in [0.05, 0.1) is 0 Å². The Morgan fingerprint density at radius 2 is 2.07 bits per heavy atom. The molecule has 0 amide bonds. The lowest BCUT2D eigenvalue weighted by Crippen LogP contribution is -2.18. The first-order valence-electron chi connectivity index (χ1n) is 5.19. The molecule has 0 spiro atoms. The van der Waals surface area contributed by atoms with Crippen molar-refractivity contribution in [2.24, 2.45) is 5.92 Å². The SMILES string of the molecule is CNc1cccc(CNCC(C)C)c1. The Morgan fingerprint density at radius 3 is 2.71 bits per heavy atom. The van der Waals surface area contributed by atoms with Crippen LogP contribution in [0.2, 0.25) is 0 Å². The summed E-state index contributed by atoms with van der Waals surface area (Å²) in [6, 6.07) is 8.48. The minimum atomic E-state index is 0.711. The number of nitrogens with one attached hydrogen (secondary N) is 2. The van der Waals surface area contributed by atoms with Crippen molar-refractivity contribution in [3.8, 4) is 0 Å². The second-order valence-electron chi connectivity index (χ2n) is 3.98. The van der Waals surface area contributed by atoms with Gasteiger partial charge in [0.1, 0.15) is 0 Å². The Labute approximate surface area is 86.7 Å². The molecule has 0 fully saturated rings. The maximum Gasteiger partial charge on any atom is 0.0340 e. The van der Waals surface area contributed by atoms with Crippen molar-refractivity contribution in [1.82, 2.24) is 5.32 Å². The summed E-state index contributed by atoms with van der Waals surface area (Å²) in [7, 11) is 1.95. The van der Waals surface area contributed by atoms with Gasteiger partial charge in [0, 0.05) is 19.3 Å². The minimum absolute atomic E-state index is 0.711. The topological polar surface area (TPSA) is 24.1 Å². The van der Waals surface area contributed by atoms with E-state index in [1.807, 2.05) is 7.05 Å². The highest BCUT2D eigenvalue weighted by atomic mass is 14.9. The molecule has 0 aliphatic carbocycles. The minimum Gasteiger partial charge on any atom is -0.388 e. The van der Waals surface area contributed by atoms with Crippen LogP contribution >= 0.6 is 0 Å². The Kier molecular flexibility index (Phi) is 4.47. The molecule has 1 aromatic carbocycles. The zero-order valence-corrected chi connectivity index (χ0v) is 9.30. The van der Waals surface area contributed by atoms with Gasteiger partial charge >= 0.3 is 0 Å². The van der Waals surface area contributed by atoms with E-state index in [1.54, 1.807) is 0 Å². The van der Waals surface area contributed by atoms with Crippen LogP contribution in [0, 0.1) is 5.92 Å². The van der Waals surface area contributed by atoms with Crippen molar-refractivity contribution in [3.63, 3.8) is 0 Å². The zero-order valence-electron chi connectivity index (χ0n) is 9.30. The fraction of sp³-hybridized carbons (Fsp3) is 0.500. The third kappa shape index (κ3) is 3.79. The van der Waals surface area contributed by atoms with E-state index in [2.05, 4.69) is 48.7 Å². The molecule has 0 aliphatic heterocycles. The average molecular weight is 192 g/mol. The molecule has 0 unspecified atom stereocenters. The van der Waals surface area contributed by atoms with E-state index in [1.165, 1.54) is 11.3 Å². The van der Waals surface area contributed by atoms with E-state index >= 15 is 0 Å². The molecule has 1 rings (SSSR count). The lowest BCUT2D eigenvalue weighted by Gasteiger charge is -2.08. The molecule has 0 saturated heterocycles. The summed E-state index contributed by atoms with van der Waals surface area (Å²) in [6.07, 6.45) is 0. The van der Waals surface area contributed by atoms with Crippen LogP contribution in [0.5, 0.6) is 0 Å². The zero-order chi connectivity index (χ0) is 10.4. The van der Waals surface area contributed by atoms with Crippen molar-refractivity contribution in [1.29, 1.82) is 0 Å². The van der Waals surface area contributed by atoms with E-state index in [0.29, 0.717) is 5.92 Å². The quantitative estimate of drug-likeness (QED) is 0.749. The largest absolute Gasteiger partial charge is 0.388 e. The number of benzene rings is 1. The van der Waals surface area contributed by atoms with Crippen molar-refractivity contribution < 1.29 is 0 Å². The maximum atomic E-state index is 3.42. The number of hydrogen-bond donors (Lipinski definition) is 2. The van der Waals surface area contributed by atoms with Crippen LogP contribution in [0.15, 0.2) is 24.3 Å². The van der Waals surface area contributed by atoms with Crippen molar-refractivity contribution >= 4 is 5.69 Å². The molecule has 0 aliphatic rings. The van der Waals surface area contributed by atoms with Crippen LogP contribution < -0.4 is 10.6 Å². The fourth-order valence-electron chi connectivity index (χ4n) is 1.34. The predicted octanol–water partition coefficient (Wildman–Crippen LogP) is 2.47. The van der Waals surface area contributed by atoms with Crippen LogP contribution in [-0.2, 0) is 6.54 Å². The molecule has 0 saturated carbocycles. The first-order valence-corrected chi connectivity index (χ1v) is 5.19. The third-order valence-electron chi connectivity index (χ3n) is 2.10. The van der Waals surface area contributed by atoms with Gasteiger partial charge in [-0.15, -0.1) is 0 Å².